The number of hydrogen-bond acceptors (Lipinski definition) is 0. The summed E-state index contributed by atoms with van der Waals surface area (Å²) in [5.41, 5.74) is 2.48. The normalized spacial score (nSPS) is 10.8. The number of aromatic nitrogens is 1. The minimum absolute atomic E-state index is 1.04. The lowest BCUT2D eigenvalue weighted by Crippen LogP contribution is -1.77. The van der Waals surface area contributed by atoms with E-state index in [1.165, 1.54) is 21.1 Å². The lowest BCUT2D eigenvalue weighted by atomic mass is 10.2. The molecule has 0 amide bonds. The van der Waals surface area contributed by atoms with Crippen molar-refractivity contribution >= 4 is 26.8 Å². The molecular weight excluding hydrogens is 214 g/mol. The number of nitrogens with one attached hydrogen (secondary N) is 1. The van der Waals surface area contributed by atoms with Gasteiger partial charge in [-0.25, -0.2) is 0 Å². The number of halogens is 1. The van der Waals surface area contributed by atoms with Crippen LogP contribution in [0, 0.1) is 0 Å². The first-order chi connectivity index (χ1) is 5.83. The van der Waals surface area contributed by atoms with E-state index in [4.69, 9.17) is 0 Å². The van der Waals surface area contributed by atoms with Gasteiger partial charge in [-0.2, -0.15) is 0 Å². The molecule has 62 valence electrons. The van der Waals surface area contributed by atoms with Crippen molar-refractivity contribution in [3.05, 3.63) is 34.4 Å². The summed E-state index contributed by atoms with van der Waals surface area (Å²) in [4.78, 5) is 3.37. The molecule has 0 saturated carbocycles. The molecule has 1 aromatic heterocycles. The van der Waals surface area contributed by atoms with Crippen LogP contribution < -0.4 is 0 Å². The van der Waals surface area contributed by atoms with Crippen molar-refractivity contribution < 1.29 is 0 Å². The molecule has 0 bridgehead atoms. The molecule has 0 radical (unpaired) electrons. The van der Waals surface area contributed by atoms with Gasteiger partial charge in [-0.15, -0.1) is 0 Å². The quantitative estimate of drug-likeness (QED) is 0.763. The standard InChI is InChI=1S/C10H10BrN/c1-2-8-10(11)7-5-3-4-6-9(7)12-8/h3-6,12H,2H2,1H3. The summed E-state index contributed by atoms with van der Waals surface area (Å²) < 4.78 is 1.21. The van der Waals surface area contributed by atoms with E-state index in [9.17, 15) is 0 Å². The van der Waals surface area contributed by atoms with E-state index >= 15 is 0 Å². The second kappa shape index (κ2) is 2.94. The summed E-state index contributed by atoms with van der Waals surface area (Å²) in [5.74, 6) is 0. The molecule has 1 nitrogen and oxygen atoms in total. The Labute approximate surface area is 79.9 Å². The summed E-state index contributed by atoms with van der Waals surface area (Å²) in [5, 5.41) is 1.27. The smallest absolute Gasteiger partial charge is 0.0467 e. The summed E-state index contributed by atoms with van der Waals surface area (Å²) in [7, 11) is 0. The Balaban J connectivity index is 2.78. The van der Waals surface area contributed by atoms with Gasteiger partial charge in [0.2, 0.25) is 0 Å². The first-order valence-electron chi connectivity index (χ1n) is 4.08. The van der Waals surface area contributed by atoms with Crippen molar-refractivity contribution in [3.63, 3.8) is 0 Å². The minimum Gasteiger partial charge on any atom is -0.357 e. The van der Waals surface area contributed by atoms with Crippen LogP contribution in [0.3, 0.4) is 0 Å². The van der Waals surface area contributed by atoms with Crippen LogP contribution >= 0.6 is 15.9 Å². The molecule has 2 aromatic rings. The monoisotopic (exact) mass is 223 g/mol. The third-order valence-corrected chi connectivity index (χ3v) is 2.97. The topological polar surface area (TPSA) is 15.8 Å². The summed E-state index contributed by atoms with van der Waals surface area (Å²) in [6, 6.07) is 8.32. The van der Waals surface area contributed by atoms with Crippen molar-refractivity contribution in [2.45, 2.75) is 13.3 Å². The lowest BCUT2D eigenvalue weighted by molar-refractivity contribution is 1.06. The predicted octanol–water partition coefficient (Wildman–Crippen LogP) is 3.49. The Morgan fingerprint density at radius 3 is 2.75 bits per heavy atom. The number of benzene rings is 1. The van der Waals surface area contributed by atoms with E-state index < -0.39 is 0 Å². The van der Waals surface area contributed by atoms with E-state index in [1.807, 2.05) is 6.07 Å². The average Bonchev–Trinajstić information content (AvgIpc) is 2.44. The number of fused-ring (bicyclic) bond motifs is 1. The highest BCUT2D eigenvalue weighted by Gasteiger charge is 2.05. The molecular formula is C10H10BrN. The molecule has 0 spiro atoms. The molecule has 0 aliphatic carbocycles. The zero-order valence-electron chi connectivity index (χ0n) is 6.89. The Kier molecular flexibility index (Phi) is 1.93. The fourth-order valence-corrected chi connectivity index (χ4v) is 2.13. The molecule has 1 N–H and O–H groups in total. The molecule has 12 heavy (non-hydrogen) atoms. The van der Waals surface area contributed by atoms with Crippen LogP contribution in [-0.4, -0.2) is 4.98 Å². The predicted molar refractivity (Wildman–Crippen MR) is 55.4 cm³/mol. The van der Waals surface area contributed by atoms with E-state index in [0.717, 1.165) is 6.42 Å². The zero-order chi connectivity index (χ0) is 8.55. The van der Waals surface area contributed by atoms with Gasteiger partial charge in [-0.05, 0) is 28.4 Å². The third kappa shape index (κ3) is 1.07. The van der Waals surface area contributed by atoms with Gasteiger partial charge in [0.15, 0.2) is 0 Å². The van der Waals surface area contributed by atoms with Gasteiger partial charge in [0.05, 0.1) is 0 Å². The van der Waals surface area contributed by atoms with E-state index in [0.29, 0.717) is 0 Å². The van der Waals surface area contributed by atoms with Gasteiger partial charge < -0.3 is 4.98 Å². The van der Waals surface area contributed by atoms with Crippen LogP contribution in [0.15, 0.2) is 28.7 Å². The zero-order valence-corrected chi connectivity index (χ0v) is 8.48. The second-order valence-corrected chi connectivity index (χ2v) is 3.61. The molecule has 1 aromatic carbocycles. The largest absolute Gasteiger partial charge is 0.357 e. The van der Waals surface area contributed by atoms with Crippen LogP contribution in [0.5, 0.6) is 0 Å². The highest BCUT2D eigenvalue weighted by atomic mass is 79.9. The third-order valence-electron chi connectivity index (χ3n) is 2.07. The average molecular weight is 224 g/mol. The van der Waals surface area contributed by atoms with E-state index in [-0.39, 0.29) is 0 Å². The Bertz CT molecular complexity index is 403. The Morgan fingerprint density at radius 1 is 1.33 bits per heavy atom. The molecule has 0 fully saturated rings. The maximum Gasteiger partial charge on any atom is 0.0467 e. The van der Waals surface area contributed by atoms with Gasteiger partial charge >= 0.3 is 0 Å². The fraction of sp³-hybridized carbons (Fsp3) is 0.200. The molecule has 1 heterocycles. The van der Waals surface area contributed by atoms with Gasteiger partial charge in [0, 0.05) is 21.1 Å². The van der Waals surface area contributed by atoms with E-state index in [2.05, 4.69) is 46.0 Å². The first kappa shape index (κ1) is 7.87. The van der Waals surface area contributed by atoms with Crippen LogP contribution in [-0.2, 0) is 6.42 Å². The van der Waals surface area contributed by atoms with Crippen molar-refractivity contribution in [1.29, 1.82) is 0 Å². The SMILES string of the molecule is CCc1[nH]c2ccccc2c1Br. The number of hydrogen-bond donors (Lipinski definition) is 1. The maximum absolute atomic E-state index is 3.58. The molecule has 0 aliphatic rings. The summed E-state index contributed by atoms with van der Waals surface area (Å²) in [6.45, 7) is 2.15. The van der Waals surface area contributed by atoms with Gasteiger partial charge in [0.25, 0.3) is 0 Å². The van der Waals surface area contributed by atoms with Crippen LogP contribution in [0.4, 0.5) is 0 Å². The highest BCUT2D eigenvalue weighted by molar-refractivity contribution is 9.10. The number of aryl methyl sites for hydroxylation is 1. The van der Waals surface area contributed by atoms with Crippen molar-refractivity contribution in [1.82, 2.24) is 4.98 Å². The number of H-pyrrole nitrogens is 1. The minimum atomic E-state index is 1.04. The van der Waals surface area contributed by atoms with Gasteiger partial charge in [0.1, 0.15) is 0 Å². The molecule has 0 aliphatic heterocycles. The van der Waals surface area contributed by atoms with Crippen molar-refractivity contribution in [2.24, 2.45) is 0 Å². The second-order valence-electron chi connectivity index (χ2n) is 2.82. The first-order valence-corrected chi connectivity index (χ1v) is 4.87. The maximum atomic E-state index is 3.58. The Morgan fingerprint density at radius 2 is 2.08 bits per heavy atom. The van der Waals surface area contributed by atoms with E-state index in [1.54, 1.807) is 0 Å². The number of para-hydroxylation sites is 1. The lowest BCUT2D eigenvalue weighted by Gasteiger charge is -1.89. The molecule has 0 unspecified atom stereocenters. The molecule has 2 heteroatoms. The summed E-state index contributed by atoms with van der Waals surface area (Å²) in [6.07, 6.45) is 1.04. The number of rotatable bonds is 1. The number of aromatic amines is 1. The fourth-order valence-electron chi connectivity index (χ4n) is 1.41. The molecule has 2 rings (SSSR count). The summed E-state index contributed by atoms with van der Waals surface area (Å²) >= 11 is 3.58. The van der Waals surface area contributed by atoms with Crippen molar-refractivity contribution in [2.75, 3.05) is 0 Å². The Hall–Kier alpha value is -0.760. The van der Waals surface area contributed by atoms with Crippen LogP contribution in [0.2, 0.25) is 0 Å². The van der Waals surface area contributed by atoms with Gasteiger partial charge in [-0.1, -0.05) is 25.1 Å². The highest BCUT2D eigenvalue weighted by Crippen LogP contribution is 2.27. The van der Waals surface area contributed by atoms with Crippen molar-refractivity contribution in [3.8, 4) is 0 Å². The van der Waals surface area contributed by atoms with Crippen LogP contribution in [0.25, 0.3) is 10.9 Å². The van der Waals surface area contributed by atoms with Crippen LogP contribution in [0.1, 0.15) is 12.6 Å². The van der Waals surface area contributed by atoms with Gasteiger partial charge in [-0.3, -0.25) is 0 Å². The molecule has 0 saturated heterocycles. The molecule has 0 atom stereocenters.